The summed E-state index contributed by atoms with van der Waals surface area (Å²) in [6.45, 7) is 4.05. The van der Waals surface area contributed by atoms with Gasteiger partial charge in [0.15, 0.2) is 15.7 Å². The highest BCUT2D eigenvalue weighted by Gasteiger charge is 2.17. The van der Waals surface area contributed by atoms with E-state index in [1.807, 2.05) is 13.8 Å². The number of tetrazole rings is 1. The predicted molar refractivity (Wildman–Crippen MR) is 83.9 cm³/mol. The van der Waals surface area contributed by atoms with Gasteiger partial charge in [-0.05, 0) is 24.1 Å². The zero-order chi connectivity index (χ0) is 17.0. The topological polar surface area (TPSA) is 118 Å². The first-order valence-electron chi connectivity index (χ1n) is 7.17. The van der Waals surface area contributed by atoms with E-state index in [1.165, 1.54) is 6.07 Å². The van der Waals surface area contributed by atoms with Crippen molar-refractivity contribution >= 4 is 15.7 Å². The van der Waals surface area contributed by atoms with Crippen LogP contribution in [0.4, 0.5) is 0 Å². The molecule has 0 saturated heterocycles. The molecule has 8 nitrogen and oxygen atoms in total. The average Bonchev–Trinajstić information content (AvgIpc) is 3.05. The number of aromatic amines is 1. The van der Waals surface area contributed by atoms with Gasteiger partial charge in [0.25, 0.3) is 5.91 Å². The summed E-state index contributed by atoms with van der Waals surface area (Å²) < 4.78 is 23.7. The van der Waals surface area contributed by atoms with Crippen molar-refractivity contribution in [2.75, 3.05) is 12.8 Å². The molecule has 1 heterocycles. The van der Waals surface area contributed by atoms with Crippen molar-refractivity contribution in [3.05, 3.63) is 35.2 Å². The van der Waals surface area contributed by atoms with Crippen LogP contribution in [-0.4, -0.2) is 47.7 Å². The Bertz CT molecular complexity index is 787. The van der Waals surface area contributed by atoms with E-state index in [1.54, 1.807) is 12.1 Å². The van der Waals surface area contributed by atoms with E-state index >= 15 is 0 Å². The minimum Gasteiger partial charge on any atom is -0.351 e. The average molecular weight is 337 g/mol. The fourth-order valence-electron chi connectivity index (χ4n) is 2.15. The Labute approximate surface area is 134 Å². The molecule has 0 aliphatic carbocycles. The smallest absolute Gasteiger partial charge is 0.251 e. The van der Waals surface area contributed by atoms with Gasteiger partial charge in [-0.3, -0.25) is 4.79 Å². The second-order valence-electron chi connectivity index (χ2n) is 5.33. The maximum Gasteiger partial charge on any atom is 0.251 e. The summed E-state index contributed by atoms with van der Waals surface area (Å²) in [6, 6.07) is 4.72. The van der Waals surface area contributed by atoms with Gasteiger partial charge in [-0.25, -0.2) is 8.42 Å². The zero-order valence-electron chi connectivity index (χ0n) is 13.2. The number of hydrogen-bond donors (Lipinski definition) is 2. The van der Waals surface area contributed by atoms with Gasteiger partial charge in [-0.15, -0.1) is 10.2 Å². The molecule has 23 heavy (non-hydrogen) atoms. The van der Waals surface area contributed by atoms with Crippen LogP contribution in [0.2, 0.25) is 0 Å². The van der Waals surface area contributed by atoms with E-state index in [2.05, 4.69) is 25.9 Å². The molecular formula is C14H19N5O3S. The van der Waals surface area contributed by atoms with E-state index in [-0.39, 0.29) is 16.7 Å². The van der Waals surface area contributed by atoms with Crippen LogP contribution in [0.25, 0.3) is 0 Å². The molecule has 0 bridgehead atoms. The van der Waals surface area contributed by atoms with Gasteiger partial charge in [-0.1, -0.05) is 25.1 Å². The zero-order valence-corrected chi connectivity index (χ0v) is 14.0. The summed E-state index contributed by atoms with van der Waals surface area (Å²) in [5, 5.41) is 16.3. The molecule has 2 aromatic rings. The number of nitrogens with one attached hydrogen (secondary N) is 2. The summed E-state index contributed by atoms with van der Waals surface area (Å²) in [5.41, 5.74) is 1.01. The highest BCUT2D eigenvalue weighted by molar-refractivity contribution is 7.90. The summed E-state index contributed by atoms with van der Waals surface area (Å²) >= 11 is 0. The SMILES string of the molecule is CCc1ccc(C(=O)NCC(C)c2nn[nH]n2)cc1S(C)(=O)=O. The van der Waals surface area contributed by atoms with Crippen LogP contribution in [0.15, 0.2) is 23.1 Å². The van der Waals surface area contributed by atoms with Gasteiger partial charge in [0, 0.05) is 24.3 Å². The molecule has 0 spiro atoms. The second-order valence-corrected chi connectivity index (χ2v) is 7.31. The van der Waals surface area contributed by atoms with Crippen molar-refractivity contribution in [2.24, 2.45) is 0 Å². The van der Waals surface area contributed by atoms with Crippen LogP contribution in [0.3, 0.4) is 0 Å². The Kier molecular flexibility index (Phi) is 5.09. The summed E-state index contributed by atoms with van der Waals surface area (Å²) in [5.74, 6) is 0.0540. The lowest BCUT2D eigenvalue weighted by Gasteiger charge is -2.11. The number of aryl methyl sites for hydroxylation is 1. The highest BCUT2D eigenvalue weighted by atomic mass is 32.2. The molecule has 1 aromatic carbocycles. The first-order chi connectivity index (χ1) is 10.8. The first kappa shape index (κ1) is 17.1. The third-order valence-electron chi connectivity index (χ3n) is 3.48. The highest BCUT2D eigenvalue weighted by Crippen LogP contribution is 2.18. The summed E-state index contributed by atoms with van der Waals surface area (Å²) in [7, 11) is -3.38. The van der Waals surface area contributed by atoms with Crippen molar-refractivity contribution < 1.29 is 13.2 Å². The third kappa shape index (κ3) is 4.13. The number of amides is 1. The molecule has 0 fully saturated rings. The Morgan fingerprint density at radius 3 is 2.70 bits per heavy atom. The van der Waals surface area contributed by atoms with Crippen molar-refractivity contribution in [2.45, 2.75) is 31.1 Å². The van der Waals surface area contributed by atoms with Crippen LogP contribution < -0.4 is 5.32 Å². The molecule has 1 aromatic heterocycles. The number of hydrogen-bond acceptors (Lipinski definition) is 6. The number of carbonyl (C=O) groups is 1. The molecule has 0 aliphatic rings. The molecule has 1 unspecified atom stereocenters. The molecule has 124 valence electrons. The number of benzene rings is 1. The Balaban J connectivity index is 2.13. The largest absolute Gasteiger partial charge is 0.351 e. The van der Waals surface area contributed by atoms with Crippen LogP contribution in [-0.2, 0) is 16.3 Å². The van der Waals surface area contributed by atoms with Crippen LogP contribution >= 0.6 is 0 Å². The fraction of sp³-hybridized carbons (Fsp3) is 0.429. The third-order valence-corrected chi connectivity index (χ3v) is 4.66. The van der Waals surface area contributed by atoms with Crippen molar-refractivity contribution in [1.82, 2.24) is 25.9 Å². The standard InChI is InChI=1S/C14H19N5O3S/c1-4-10-5-6-11(7-12(10)23(3,21)22)14(20)15-8-9(2)13-16-18-19-17-13/h5-7,9H,4,8H2,1-3H3,(H,15,20)(H,16,17,18,19). The quantitative estimate of drug-likeness (QED) is 0.801. The molecule has 0 aliphatic heterocycles. The lowest BCUT2D eigenvalue weighted by atomic mass is 10.1. The number of carbonyl (C=O) groups excluding carboxylic acids is 1. The minimum atomic E-state index is -3.38. The maximum absolute atomic E-state index is 12.2. The van der Waals surface area contributed by atoms with Crippen LogP contribution in [0.1, 0.15) is 41.5 Å². The lowest BCUT2D eigenvalue weighted by molar-refractivity contribution is 0.0951. The van der Waals surface area contributed by atoms with Gasteiger partial charge in [0.05, 0.1) is 4.90 Å². The van der Waals surface area contributed by atoms with Gasteiger partial charge < -0.3 is 5.32 Å². The minimum absolute atomic E-state index is 0.109. The second kappa shape index (κ2) is 6.86. The number of sulfone groups is 1. The molecule has 0 saturated carbocycles. The molecule has 0 radical (unpaired) electrons. The number of H-pyrrole nitrogens is 1. The van der Waals surface area contributed by atoms with Gasteiger partial charge in [0.2, 0.25) is 0 Å². The van der Waals surface area contributed by atoms with Gasteiger partial charge >= 0.3 is 0 Å². The maximum atomic E-state index is 12.2. The lowest BCUT2D eigenvalue weighted by Crippen LogP contribution is -2.28. The molecular weight excluding hydrogens is 318 g/mol. The van der Waals surface area contributed by atoms with Crippen LogP contribution in [0, 0.1) is 0 Å². The molecule has 2 rings (SSSR count). The van der Waals surface area contributed by atoms with Crippen molar-refractivity contribution in [3.8, 4) is 0 Å². The fourth-order valence-corrected chi connectivity index (χ4v) is 3.18. The molecule has 2 N–H and O–H groups in total. The van der Waals surface area contributed by atoms with E-state index in [9.17, 15) is 13.2 Å². The Hall–Kier alpha value is -2.29. The van der Waals surface area contributed by atoms with E-state index < -0.39 is 9.84 Å². The number of rotatable bonds is 6. The molecule has 1 atom stereocenters. The summed E-state index contributed by atoms with van der Waals surface area (Å²) in [4.78, 5) is 12.4. The molecule has 9 heteroatoms. The first-order valence-corrected chi connectivity index (χ1v) is 9.06. The predicted octanol–water partition coefficient (Wildman–Crippen LogP) is 0.699. The normalized spacial score (nSPS) is 12.8. The van der Waals surface area contributed by atoms with E-state index in [0.29, 0.717) is 29.9 Å². The molecule has 1 amide bonds. The van der Waals surface area contributed by atoms with Gasteiger partial charge in [-0.2, -0.15) is 5.21 Å². The number of aromatic nitrogens is 4. The number of nitrogens with zero attached hydrogens (tertiary/aromatic N) is 3. The van der Waals surface area contributed by atoms with Crippen molar-refractivity contribution in [1.29, 1.82) is 0 Å². The van der Waals surface area contributed by atoms with E-state index in [0.717, 1.165) is 6.26 Å². The monoisotopic (exact) mass is 337 g/mol. The Morgan fingerprint density at radius 1 is 1.39 bits per heavy atom. The van der Waals surface area contributed by atoms with Crippen molar-refractivity contribution in [3.63, 3.8) is 0 Å². The summed E-state index contributed by atoms with van der Waals surface area (Å²) in [6.07, 6.45) is 1.72. The van der Waals surface area contributed by atoms with E-state index in [4.69, 9.17) is 0 Å². The van der Waals surface area contributed by atoms with Gasteiger partial charge in [0.1, 0.15) is 0 Å². The Morgan fingerprint density at radius 2 is 2.13 bits per heavy atom. The van der Waals surface area contributed by atoms with Crippen LogP contribution in [0.5, 0.6) is 0 Å².